The number of fused-ring (bicyclic) bond motifs is 2. The number of carbonyl (C=O) groups is 2. The number of hydrogen-bond acceptors (Lipinski definition) is 6. The molecule has 0 radical (unpaired) electrons. The fourth-order valence-corrected chi connectivity index (χ4v) is 3.00. The third-order valence-corrected chi connectivity index (χ3v) is 4.49. The van der Waals surface area contributed by atoms with Crippen molar-refractivity contribution in [3.63, 3.8) is 0 Å². The number of cyclic esters (lactones) is 1. The molecule has 132 valence electrons. The summed E-state index contributed by atoms with van der Waals surface area (Å²) in [4.78, 5) is 24.6. The maximum Gasteiger partial charge on any atom is 0.342 e. The molecule has 1 fully saturated rings. The normalized spacial score (nSPS) is 29.0. The Morgan fingerprint density at radius 3 is 2.72 bits per heavy atom. The third-order valence-electron chi connectivity index (χ3n) is 4.06. The minimum absolute atomic E-state index is 0.0348. The number of carbonyl (C=O) groups excluding carboxylic acids is 2. The predicted octanol–water partition coefficient (Wildman–Crippen LogP) is 2.69. The second-order valence-electron chi connectivity index (χ2n) is 6.06. The summed E-state index contributed by atoms with van der Waals surface area (Å²) in [5, 5.41) is 19.7. The molecule has 1 aromatic carbocycles. The Hall–Kier alpha value is -2.31. The molecule has 0 spiro atoms. The SMILES string of the molecule is C[C@H]1C[C@H]2O[C@@H]2/C=C/C=C\C(=O)Cc2c(Cl)c(O)cc(O)c2C(=O)O1. The Kier molecular flexibility index (Phi) is 4.83. The Bertz CT molecular complexity index is 782. The van der Waals surface area contributed by atoms with Crippen LogP contribution in [0.2, 0.25) is 5.02 Å². The zero-order valence-corrected chi connectivity index (χ0v) is 14.2. The van der Waals surface area contributed by atoms with Gasteiger partial charge >= 0.3 is 5.97 Å². The van der Waals surface area contributed by atoms with Crippen molar-refractivity contribution in [2.45, 2.75) is 38.1 Å². The molecule has 2 heterocycles. The first-order valence-electron chi connectivity index (χ1n) is 7.84. The molecule has 0 saturated carbocycles. The molecular weight excluding hydrogens is 348 g/mol. The molecule has 25 heavy (non-hydrogen) atoms. The van der Waals surface area contributed by atoms with Crippen LogP contribution in [0.25, 0.3) is 0 Å². The number of benzene rings is 1. The van der Waals surface area contributed by atoms with Crippen molar-refractivity contribution >= 4 is 23.4 Å². The maximum absolute atomic E-state index is 12.5. The van der Waals surface area contributed by atoms with Crippen LogP contribution in [-0.4, -0.2) is 40.3 Å². The van der Waals surface area contributed by atoms with Crippen molar-refractivity contribution in [1.82, 2.24) is 0 Å². The van der Waals surface area contributed by atoms with Crippen LogP contribution >= 0.6 is 11.6 Å². The van der Waals surface area contributed by atoms with Crippen LogP contribution in [0.3, 0.4) is 0 Å². The first-order chi connectivity index (χ1) is 11.9. The van der Waals surface area contributed by atoms with Gasteiger partial charge in [-0.05, 0) is 13.0 Å². The molecule has 0 bridgehead atoms. The van der Waals surface area contributed by atoms with Gasteiger partial charge in [0.15, 0.2) is 5.78 Å². The van der Waals surface area contributed by atoms with E-state index in [1.807, 2.05) is 6.08 Å². The number of epoxide rings is 1. The van der Waals surface area contributed by atoms with E-state index in [1.54, 1.807) is 19.1 Å². The fraction of sp³-hybridized carbons (Fsp3) is 0.333. The molecule has 7 heteroatoms. The van der Waals surface area contributed by atoms with Gasteiger partial charge in [0.25, 0.3) is 0 Å². The molecule has 1 aromatic rings. The zero-order chi connectivity index (χ0) is 18.1. The highest BCUT2D eigenvalue weighted by Crippen LogP contribution is 2.37. The van der Waals surface area contributed by atoms with Crippen molar-refractivity contribution < 1.29 is 29.3 Å². The number of allylic oxidation sites excluding steroid dienone is 3. The molecule has 2 aliphatic rings. The van der Waals surface area contributed by atoms with E-state index in [-0.39, 0.29) is 40.6 Å². The number of phenolic OH excluding ortho intramolecular Hbond substituents is 2. The number of hydrogen-bond donors (Lipinski definition) is 2. The summed E-state index contributed by atoms with van der Waals surface area (Å²) >= 11 is 6.05. The average Bonchev–Trinajstić information content (AvgIpc) is 3.25. The topological polar surface area (TPSA) is 96.4 Å². The number of phenols is 2. The lowest BCUT2D eigenvalue weighted by atomic mass is 10.00. The van der Waals surface area contributed by atoms with Gasteiger partial charge in [-0.2, -0.15) is 0 Å². The van der Waals surface area contributed by atoms with Crippen LogP contribution in [0.1, 0.15) is 29.3 Å². The Labute approximate surface area is 149 Å². The van der Waals surface area contributed by atoms with E-state index in [0.29, 0.717) is 6.42 Å². The summed E-state index contributed by atoms with van der Waals surface area (Å²) < 4.78 is 10.8. The standard InChI is InChI=1S/C18H17ClO6/c1-9-6-15-14(25-15)5-3-2-4-10(20)7-11-16(18(23)24-9)12(21)8-13(22)17(11)19/h2-5,8-9,14-15,21-22H,6-7H2,1H3/b4-2-,5-3+/t9-,14+,15+/m0/s1. The van der Waals surface area contributed by atoms with Crippen molar-refractivity contribution in [3.8, 4) is 11.5 Å². The second kappa shape index (κ2) is 6.90. The Morgan fingerprint density at radius 2 is 1.96 bits per heavy atom. The molecule has 3 rings (SSSR count). The molecule has 3 atom stereocenters. The first kappa shape index (κ1) is 17.5. The van der Waals surface area contributed by atoms with E-state index in [9.17, 15) is 19.8 Å². The van der Waals surface area contributed by atoms with Crippen LogP contribution in [0.4, 0.5) is 0 Å². The minimum Gasteiger partial charge on any atom is -0.507 e. The van der Waals surface area contributed by atoms with Crippen LogP contribution in [0, 0.1) is 0 Å². The van der Waals surface area contributed by atoms with E-state index in [1.165, 1.54) is 6.08 Å². The van der Waals surface area contributed by atoms with Gasteiger partial charge in [-0.25, -0.2) is 4.79 Å². The van der Waals surface area contributed by atoms with E-state index in [2.05, 4.69) is 0 Å². The zero-order valence-electron chi connectivity index (χ0n) is 13.4. The smallest absolute Gasteiger partial charge is 0.342 e. The van der Waals surface area contributed by atoms with Crippen molar-refractivity contribution in [2.75, 3.05) is 0 Å². The molecule has 6 nitrogen and oxygen atoms in total. The lowest BCUT2D eigenvalue weighted by molar-refractivity contribution is -0.114. The second-order valence-corrected chi connectivity index (χ2v) is 6.44. The van der Waals surface area contributed by atoms with E-state index >= 15 is 0 Å². The number of aromatic hydroxyl groups is 2. The number of ketones is 1. The summed E-state index contributed by atoms with van der Waals surface area (Å²) in [6.45, 7) is 1.72. The van der Waals surface area contributed by atoms with Crippen molar-refractivity contribution in [2.24, 2.45) is 0 Å². The van der Waals surface area contributed by atoms with Crippen LogP contribution in [0.15, 0.2) is 30.4 Å². The van der Waals surface area contributed by atoms with E-state index < -0.39 is 23.6 Å². The largest absolute Gasteiger partial charge is 0.507 e. The maximum atomic E-state index is 12.5. The summed E-state index contributed by atoms with van der Waals surface area (Å²) in [7, 11) is 0. The lowest BCUT2D eigenvalue weighted by Crippen LogP contribution is -2.19. The van der Waals surface area contributed by atoms with E-state index in [4.69, 9.17) is 21.1 Å². The third kappa shape index (κ3) is 3.86. The average molecular weight is 365 g/mol. The number of ether oxygens (including phenoxy) is 2. The minimum atomic E-state index is -0.802. The van der Waals surface area contributed by atoms with Gasteiger partial charge in [-0.3, -0.25) is 4.79 Å². The Balaban J connectivity index is 2.01. The van der Waals surface area contributed by atoms with Gasteiger partial charge in [-0.1, -0.05) is 29.8 Å². The first-order valence-corrected chi connectivity index (χ1v) is 8.22. The monoisotopic (exact) mass is 364 g/mol. The quantitative estimate of drug-likeness (QED) is 0.542. The molecule has 0 aromatic heterocycles. The summed E-state index contributed by atoms with van der Waals surface area (Å²) in [5.41, 5.74) is -0.176. The van der Waals surface area contributed by atoms with Crippen molar-refractivity contribution in [1.29, 1.82) is 0 Å². The summed E-state index contributed by atoms with van der Waals surface area (Å²) in [5.74, 6) is -2.04. The molecule has 0 amide bonds. The molecule has 2 aliphatic heterocycles. The van der Waals surface area contributed by atoms with Crippen LogP contribution < -0.4 is 0 Å². The van der Waals surface area contributed by atoms with Gasteiger partial charge < -0.3 is 19.7 Å². The molecule has 0 unspecified atom stereocenters. The number of halogens is 1. The fourth-order valence-electron chi connectivity index (χ4n) is 2.78. The Morgan fingerprint density at radius 1 is 1.20 bits per heavy atom. The summed E-state index contributed by atoms with van der Waals surface area (Å²) in [6.07, 6.45) is 6.13. The highest BCUT2D eigenvalue weighted by atomic mass is 35.5. The van der Waals surface area contributed by atoms with Gasteiger partial charge in [0, 0.05) is 24.5 Å². The predicted molar refractivity (Wildman–Crippen MR) is 89.9 cm³/mol. The molecule has 2 N–H and O–H groups in total. The van der Waals surface area contributed by atoms with Crippen LogP contribution in [0.5, 0.6) is 11.5 Å². The summed E-state index contributed by atoms with van der Waals surface area (Å²) in [6, 6.07) is 0.958. The van der Waals surface area contributed by atoms with Gasteiger partial charge in [0.1, 0.15) is 29.3 Å². The van der Waals surface area contributed by atoms with Crippen molar-refractivity contribution in [3.05, 3.63) is 46.5 Å². The van der Waals surface area contributed by atoms with Crippen LogP contribution in [-0.2, 0) is 20.7 Å². The number of rotatable bonds is 0. The highest BCUT2D eigenvalue weighted by Gasteiger charge is 2.38. The molecule has 1 saturated heterocycles. The van der Waals surface area contributed by atoms with Gasteiger partial charge in [0.2, 0.25) is 0 Å². The van der Waals surface area contributed by atoms with Gasteiger partial charge in [-0.15, -0.1) is 0 Å². The molecular formula is C18H17ClO6. The lowest BCUT2D eigenvalue weighted by Gasteiger charge is -2.16. The highest BCUT2D eigenvalue weighted by molar-refractivity contribution is 6.33. The molecule has 0 aliphatic carbocycles. The van der Waals surface area contributed by atoms with E-state index in [0.717, 1.165) is 6.07 Å². The number of esters is 1. The van der Waals surface area contributed by atoms with Gasteiger partial charge in [0.05, 0.1) is 11.1 Å².